The van der Waals surface area contributed by atoms with Gasteiger partial charge in [0.15, 0.2) is 0 Å². The van der Waals surface area contributed by atoms with Gasteiger partial charge in [-0.1, -0.05) is 115 Å². The van der Waals surface area contributed by atoms with Gasteiger partial charge in [-0.2, -0.15) is 0 Å². The van der Waals surface area contributed by atoms with Crippen molar-refractivity contribution in [2.75, 3.05) is 0 Å². The lowest BCUT2D eigenvalue weighted by molar-refractivity contribution is 0.672. The molecule has 0 saturated carbocycles. The summed E-state index contributed by atoms with van der Waals surface area (Å²) in [5, 5.41) is 6.93. The minimum absolute atomic E-state index is 0.917. The molecule has 3 nitrogen and oxygen atoms in total. The smallest absolute Gasteiger partial charge is 0.143 e. The maximum Gasteiger partial charge on any atom is 0.143 e. The van der Waals surface area contributed by atoms with Crippen LogP contribution >= 0.6 is 0 Å². The zero-order valence-corrected chi connectivity index (χ0v) is 26.3. The number of aromatic nitrogens is 2. The molecule has 3 heterocycles. The average Bonchev–Trinajstić information content (AvgIpc) is 3.83. The predicted molar refractivity (Wildman–Crippen MR) is 201 cm³/mol. The Morgan fingerprint density at radius 1 is 0.604 bits per heavy atom. The molecule has 8 aromatic rings. The summed E-state index contributed by atoms with van der Waals surface area (Å²) >= 11 is 0. The highest BCUT2D eigenvalue weighted by molar-refractivity contribution is 6.20. The molecule has 3 aromatic heterocycles. The topological polar surface area (TPSA) is 38.9 Å². The van der Waals surface area contributed by atoms with Gasteiger partial charge in [0.2, 0.25) is 0 Å². The number of pyridine rings is 2. The van der Waals surface area contributed by atoms with Gasteiger partial charge in [0.25, 0.3) is 0 Å². The van der Waals surface area contributed by atoms with Crippen molar-refractivity contribution in [1.29, 1.82) is 0 Å². The van der Waals surface area contributed by atoms with Crippen LogP contribution in [0.1, 0.15) is 36.1 Å². The quantitative estimate of drug-likeness (QED) is 0.185. The molecule has 0 saturated heterocycles. The summed E-state index contributed by atoms with van der Waals surface area (Å²) in [6, 6.07) is 40.7. The molecule has 10 rings (SSSR count). The zero-order chi connectivity index (χ0) is 31.6. The minimum atomic E-state index is 0.917. The van der Waals surface area contributed by atoms with Crippen LogP contribution in [-0.4, -0.2) is 9.97 Å². The molecular weight excluding hydrogens is 585 g/mol. The Kier molecular flexibility index (Phi) is 6.07. The van der Waals surface area contributed by atoms with Crippen LogP contribution in [0.3, 0.4) is 0 Å². The number of hydrogen-bond donors (Lipinski definition) is 0. The molecule has 0 N–H and O–H groups in total. The van der Waals surface area contributed by atoms with E-state index in [4.69, 9.17) is 14.4 Å². The Balaban J connectivity index is 1.12. The summed E-state index contributed by atoms with van der Waals surface area (Å²) < 4.78 is 6.65. The van der Waals surface area contributed by atoms with Gasteiger partial charge in [-0.25, -0.2) is 9.97 Å². The number of nitrogens with zero attached hydrogens (tertiary/aromatic N) is 2. The molecule has 0 spiro atoms. The van der Waals surface area contributed by atoms with Gasteiger partial charge in [-0.3, -0.25) is 0 Å². The van der Waals surface area contributed by atoms with Crippen LogP contribution in [0.2, 0.25) is 0 Å². The lowest BCUT2D eigenvalue weighted by atomic mass is 9.89. The van der Waals surface area contributed by atoms with Crippen molar-refractivity contribution in [2.24, 2.45) is 0 Å². The van der Waals surface area contributed by atoms with Crippen molar-refractivity contribution in [2.45, 2.75) is 19.3 Å². The highest BCUT2D eigenvalue weighted by Crippen LogP contribution is 2.43. The van der Waals surface area contributed by atoms with E-state index in [0.717, 1.165) is 74.6 Å². The van der Waals surface area contributed by atoms with Gasteiger partial charge in [-0.05, 0) is 82.8 Å². The van der Waals surface area contributed by atoms with E-state index in [9.17, 15) is 0 Å². The standard InChI is InChI=1S/C45H30N2O/c1-2-12-29(13-3-1)39-24-22-30-20-21-31-23-25-40(47-44(31)43(30)46-39)33-15-8-14-32(26-33)34-18-9-19-41-42(34)38-27-37(28-10-4-5-11-28)35-16-6-7-17-36(35)45(38)48-41/h1-7,9-10,12-14,16-27H,8,11,15H2. The largest absolute Gasteiger partial charge is 0.455 e. The number of benzene rings is 5. The van der Waals surface area contributed by atoms with E-state index in [1.54, 1.807) is 0 Å². The van der Waals surface area contributed by atoms with Crippen molar-refractivity contribution < 1.29 is 4.42 Å². The molecule has 2 aliphatic rings. The molecule has 0 fully saturated rings. The molecule has 48 heavy (non-hydrogen) atoms. The SMILES string of the molecule is C1=CCC(c2cc3c(oc4cccc(C5=CCCC(c6ccc7ccc8ccc(-c9ccccc9)nc8c7n6)=C5)c43)c3ccccc23)=C1. The summed E-state index contributed by atoms with van der Waals surface area (Å²) in [7, 11) is 0. The van der Waals surface area contributed by atoms with Gasteiger partial charge in [0, 0.05) is 32.5 Å². The number of rotatable bonds is 4. The van der Waals surface area contributed by atoms with Gasteiger partial charge in [0.1, 0.15) is 11.2 Å². The first kappa shape index (κ1) is 27.1. The van der Waals surface area contributed by atoms with E-state index in [-0.39, 0.29) is 0 Å². The summed E-state index contributed by atoms with van der Waals surface area (Å²) in [5.41, 5.74) is 13.1. The number of furan rings is 1. The molecule has 3 heteroatoms. The van der Waals surface area contributed by atoms with Crippen LogP contribution in [0.15, 0.2) is 150 Å². The Morgan fingerprint density at radius 3 is 2.17 bits per heavy atom. The zero-order valence-electron chi connectivity index (χ0n) is 26.3. The van der Waals surface area contributed by atoms with E-state index < -0.39 is 0 Å². The number of allylic oxidation sites excluding steroid dienone is 8. The fourth-order valence-corrected chi connectivity index (χ4v) is 7.61. The Labute approximate surface area is 277 Å². The maximum absolute atomic E-state index is 6.65. The molecule has 0 unspecified atom stereocenters. The Bertz CT molecular complexity index is 2740. The fraction of sp³-hybridized carbons (Fsp3) is 0.0667. The average molecular weight is 615 g/mol. The van der Waals surface area contributed by atoms with Crippen molar-refractivity contribution in [1.82, 2.24) is 9.97 Å². The minimum Gasteiger partial charge on any atom is -0.455 e. The Hall–Kier alpha value is -6.06. The van der Waals surface area contributed by atoms with Crippen LogP contribution < -0.4 is 0 Å². The molecule has 0 radical (unpaired) electrons. The van der Waals surface area contributed by atoms with Crippen LogP contribution in [0.4, 0.5) is 0 Å². The van der Waals surface area contributed by atoms with Crippen molar-refractivity contribution in [3.63, 3.8) is 0 Å². The molecule has 0 aliphatic heterocycles. The highest BCUT2D eigenvalue weighted by atomic mass is 16.3. The molecule has 0 bridgehead atoms. The monoisotopic (exact) mass is 614 g/mol. The van der Waals surface area contributed by atoms with Crippen LogP contribution in [0, 0.1) is 0 Å². The molecule has 0 atom stereocenters. The maximum atomic E-state index is 6.65. The number of hydrogen-bond acceptors (Lipinski definition) is 3. The van der Waals surface area contributed by atoms with E-state index in [1.807, 2.05) is 6.07 Å². The van der Waals surface area contributed by atoms with E-state index in [2.05, 4.69) is 140 Å². The normalized spacial score (nSPS) is 14.7. The second-order valence-corrected chi connectivity index (χ2v) is 12.8. The third-order valence-corrected chi connectivity index (χ3v) is 9.96. The molecule has 0 amide bonds. The fourth-order valence-electron chi connectivity index (χ4n) is 7.61. The second-order valence-electron chi connectivity index (χ2n) is 12.8. The first-order valence-corrected chi connectivity index (χ1v) is 16.7. The molecule has 2 aliphatic carbocycles. The van der Waals surface area contributed by atoms with Gasteiger partial charge >= 0.3 is 0 Å². The predicted octanol–water partition coefficient (Wildman–Crippen LogP) is 12.1. The van der Waals surface area contributed by atoms with Crippen LogP contribution in [0.25, 0.3) is 82.5 Å². The summed E-state index contributed by atoms with van der Waals surface area (Å²) in [5.74, 6) is 0. The first-order valence-electron chi connectivity index (χ1n) is 16.7. The van der Waals surface area contributed by atoms with E-state index in [0.29, 0.717) is 0 Å². The summed E-state index contributed by atoms with van der Waals surface area (Å²) in [6.07, 6.45) is 14.2. The second kappa shape index (κ2) is 10.8. The van der Waals surface area contributed by atoms with Crippen LogP contribution in [0.5, 0.6) is 0 Å². The van der Waals surface area contributed by atoms with Crippen molar-refractivity contribution in [3.05, 3.63) is 162 Å². The van der Waals surface area contributed by atoms with E-state index in [1.165, 1.54) is 44.0 Å². The summed E-state index contributed by atoms with van der Waals surface area (Å²) in [6.45, 7) is 0. The number of fused-ring (bicyclic) bond motifs is 8. The van der Waals surface area contributed by atoms with Crippen molar-refractivity contribution >= 4 is 71.2 Å². The van der Waals surface area contributed by atoms with Gasteiger partial charge in [0.05, 0.1) is 22.4 Å². The van der Waals surface area contributed by atoms with Crippen LogP contribution in [-0.2, 0) is 0 Å². The Morgan fingerprint density at radius 2 is 1.35 bits per heavy atom. The first-order chi connectivity index (χ1) is 23.8. The van der Waals surface area contributed by atoms with E-state index >= 15 is 0 Å². The highest BCUT2D eigenvalue weighted by Gasteiger charge is 2.20. The lowest BCUT2D eigenvalue weighted by Gasteiger charge is -2.16. The lowest BCUT2D eigenvalue weighted by Crippen LogP contribution is -1.97. The third-order valence-electron chi connectivity index (χ3n) is 9.96. The summed E-state index contributed by atoms with van der Waals surface area (Å²) in [4.78, 5) is 10.4. The van der Waals surface area contributed by atoms with Crippen molar-refractivity contribution in [3.8, 4) is 11.3 Å². The van der Waals surface area contributed by atoms with Gasteiger partial charge < -0.3 is 4.42 Å². The molecule has 226 valence electrons. The molecular formula is C45H30N2O. The molecule has 5 aromatic carbocycles. The third kappa shape index (κ3) is 4.28. The van der Waals surface area contributed by atoms with Gasteiger partial charge in [-0.15, -0.1) is 0 Å².